The molecule has 0 aliphatic rings. The summed E-state index contributed by atoms with van der Waals surface area (Å²) in [5.74, 6) is -0.469. The van der Waals surface area contributed by atoms with E-state index in [1.165, 1.54) is 6.07 Å². The first kappa shape index (κ1) is 15.2. The van der Waals surface area contributed by atoms with Crippen LogP contribution in [0.25, 0.3) is 0 Å². The number of carbonyl (C=O) groups is 1. The van der Waals surface area contributed by atoms with E-state index >= 15 is 0 Å². The summed E-state index contributed by atoms with van der Waals surface area (Å²) >= 11 is 9.02. The van der Waals surface area contributed by atoms with Crippen molar-refractivity contribution in [1.29, 1.82) is 0 Å². The Bertz CT molecular complexity index is 406. The second-order valence-electron chi connectivity index (χ2n) is 3.69. The lowest BCUT2D eigenvalue weighted by molar-refractivity contribution is 0.144. The molecule has 1 N–H and O–H groups in total. The van der Waals surface area contributed by atoms with Gasteiger partial charge in [0.15, 0.2) is 0 Å². The van der Waals surface area contributed by atoms with Gasteiger partial charge >= 0.3 is 6.09 Å². The summed E-state index contributed by atoms with van der Waals surface area (Å²) in [6, 6.07) is 2.87. The minimum absolute atomic E-state index is 0.00288. The molecule has 1 amide bonds. The van der Waals surface area contributed by atoms with Crippen molar-refractivity contribution in [3.8, 4) is 0 Å². The van der Waals surface area contributed by atoms with Crippen LogP contribution in [0.2, 0.25) is 5.02 Å². The number of carbonyl (C=O) groups excluding carboxylic acids is 1. The second-order valence-corrected chi connectivity index (χ2v) is 5.01. The van der Waals surface area contributed by atoms with E-state index < -0.39 is 11.9 Å². The molecule has 0 atom stereocenters. The van der Waals surface area contributed by atoms with Gasteiger partial charge in [0.1, 0.15) is 5.82 Å². The SMILES string of the molecule is CCCCOC(=O)NCc1c(F)cc(Br)cc1Cl. The van der Waals surface area contributed by atoms with Crippen LogP contribution in [0.15, 0.2) is 16.6 Å². The predicted molar refractivity (Wildman–Crippen MR) is 72.2 cm³/mol. The summed E-state index contributed by atoms with van der Waals surface area (Å²) in [7, 11) is 0. The van der Waals surface area contributed by atoms with E-state index in [1.807, 2.05) is 6.92 Å². The third-order valence-electron chi connectivity index (χ3n) is 2.25. The number of unbranched alkanes of at least 4 members (excludes halogenated alkanes) is 1. The molecule has 0 saturated heterocycles. The van der Waals surface area contributed by atoms with Crippen molar-refractivity contribution in [3.63, 3.8) is 0 Å². The Morgan fingerprint density at radius 2 is 2.28 bits per heavy atom. The molecule has 18 heavy (non-hydrogen) atoms. The van der Waals surface area contributed by atoms with Gasteiger partial charge in [-0.3, -0.25) is 0 Å². The van der Waals surface area contributed by atoms with Gasteiger partial charge < -0.3 is 10.1 Å². The van der Waals surface area contributed by atoms with Crippen molar-refractivity contribution >= 4 is 33.6 Å². The molecule has 0 spiro atoms. The van der Waals surface area contributed by atoms with Gasteiger partial charge in [0.05, 0.1) is 13.2 Å². The number of hydrogen-bond acceptors (Lipinski definition) is 2. The van der Waals surface area contributed by atoms with Crippen LogP contribution in [0.4, 0.5) is 9.18 Å². The average Bonchev–Trinajstić information content (AvgIpc) is 2.27. The number of benzene rings is 1. The molecule has 1 rings (SSSR count). The third kappa shape index (κ3) is 4.82. The molecule has 100 valence electrons. The Morgan fingerprint density at radius 3 is 2.89 bits per heavy atom. The van der Waals surface area contributed by atoms with Crippen LogP contribution in [0.1, 0.15) is 25.3 Å². The largest absolute Gasteiger partial charge is 0.450 e. The number of halogens is 3. The van der Waals surface area contributed by atoms with Crippen LogP contribution >= 0.6 is 27.5 Å². The number of hydrogen-bond donors (Lipinski definition) is 1. The lowest BCUT2D eigenvalue weighted by Crippen LogP contribution is -2.24. The van der Waals surface area contributed by atoms with Gasteiger partial charge in [-0.25, -0.2) is 9.18 Å². The number of alkyl carbamates (subject to hydrolysis) is 1. The Kier molecular flexibility index (Phi) is 6.43. The Labute approximate surface area is 119 Å². The topological polar surface area (TPSA) is 38.3 Å². The van der Waals surface area contributed by atoms with Crippen LogP contribution in [-0.2, 0) is 11.3 Å². The fourth-order valence-corrected chi connectivity index (χ4v) is 2.10. The number of nitrogens with one attached hydrogen (secondary N) is 1. The zero-order valence-electron chi connectivity index (χ0n) is 9.93. The van der Waals surface area contributed by atoms with E-state index in [2.05, 4.69) is 21.2 Å². The molecule has 0 radical (unpaired) electrons. The first-order chi connectivity index (χ1) is 8.54. The van der Waals surface area contributed by atoms with Crippen molar-refractivity contribution in [2.24, 2.45) is 0 Å². The second kappa shape index (κ2) is 7.59. The van der Waals surface area contributed by atoms with Crippen LogP contribution < -0.4 is 5.32 Å². The van der Waals surface area contributed by atoms with Crippen molar-refractivity contribution in [3.05, 3.63) is 33.0 Å². The van der Waals surface area contributed by atoms with Gasteiger partial charge in [0.25, 0.3) is 0 Å². The quantitative estimate of drug-likeness (QED) is 0.814. The van der Waals surface area contributed by atoms with Crippen LogP contribution in [0.5, 0.6) is 0 Å². The van der Waals surface area contributed by atoms with E-state index in [0.717, 1.165) is 12.8 Å². The normalized spacial score (nSPS) is 10.2. The molecule has 6 heteroatoms. The van der Waals surface area contributed by atoms with Crippen molar-refractivity contribution in [2.45, 2.75) is 26.3 Å². The minimum Gasteiger partial charge on any atom is -0.450 e. The third-order valence-corrected chi connectivity index (χ3v) is 3.04. The molecule has 0 heterocycles. The molecule has 0 fully saturated rings. The maximum Gasteiger partial charge on any atom is 0.407 e. The molecule has 1 aromatic carbocycles. The van der Waals surface area contributed by atoms with Crippen LogP contribution in [0, 0.1) is 5.82 Å². The first-order valence-corrected chi connectivity index (χ1v) is 6.75. The Balaban J connectivity index is 2.51. The summed E-state index contributed by atoms with van der Waals surface area (Å²) < 4.78 is 19.0. The summed E-state index contributed by atoms with van der Waals surface area (Å²) in [4.78, 5) is 11.3. The van der Waals surface area contributed by atoms with Crippen molar-refractivity contribution in [2.75, 3.05) is 6.61 Å². The van der Waals surface area contributed by atoms with Gasteiger partial charge in [0, 0.05) is 15.1 Å². The van der Waals surface area contributed by atoms with E-state index in [1.54, 1.807) is 6.07 Å². The summed E-state index contributed by atoms with van der Waals surface area (Å²) in [6.07, 6.45) is 1.18. The maximum atomic E-state index is 13.6. The fraction of sp³-hybridized carbons (Fsp3) is 0.417. The number of rotatable bonds is 5. The summed E-state index contributed by atoms with van der Waals surface area (Å²) in [5.41, 5.74) is 0.243. The standard InChI is InChI=1S/C12H14BrClFNO2/c1-2-3-4-18-12(17)16-7-9-10(14)5-8(13)6-11(9)15/h5-6H,2-4,7H2,1H3,(H,16,17). The highest BCUT2D eigenvalue weighted by Gasteiger charge is 2.10. The van der Waals surface area contributed by atoms with E-state index in [4.69, 9.17) is 16.3 Å². The van der Waals surface area contributed by atoms with E-state index in [0.29, 0.717) is 11.1 Å². The maximum absolute atomic E-state index is 13.6. The molecule has 0 aliphatic carbocycles. The predicted octanol–water partition coefficient (Wildman–Crippen LogP) is 4.27. The highest BCUT2D eigenvalue weighted by atomic mass is 79.9. The summed E-state index contributed by atoms with van der Waals surface area (Å²) in [6.45, 7) is 2.36. The number of ether oxygens (including phenoxy) is 1. The van der Waals surface area contributed by atoms with Crippen molar-refractivity contribution in [1.82, 2.24) is 5.32 Å². The Morgan fingerprint density at radius 1 is 1.56 bits per heavy atom. The highest BCUT2D eigenvalue weighted by Crippen LogP contribution is 2.24. The smallest absolute Gasteiger partial charge is 0.407 e. The van der Waals surface area contributed by atoms with E-state index in [-0.39, 0.29) is 17.1 Å². The van der Waals surface area contributed by atoms with E-state index in [9.17, 15) is 9.18 Å². The Hall–Kier alpha value is -0.810. The van der Waals surface area contributed by atoms with Crippen LogP contribution in [0.3, 0.4) is 0 Å². The molecule has 1 aromatic rings. The van der Waals surface area contributed by atoms with Gasteiger partial charge in [-0.15, -0.1) is 0 Å². The fourth-order valence-electron chi connectivity index (χ4n) is 1.26. The zero-order chi connectivity index (χ0) is 13.5. The van der Waals surface area contributed by atoms with Gasteiger partial charge in [0.2, 0.25) is 0 Å². The monoisotopic (exact) mass is 337 g/mol. The molecule has 3 nitrogen and oxygen atoms in total. The van der Waals surface area contributed by atoms with Crippen molar-refractivity contribution < 1.29 is 13.9 Å². The molecule has 0 bridgehead atoms. The number of amides is 1. The average molecular weight is 339 g/mol. The highest BCUT2D eigenvalue weighted by molar-refractivity contribution is 9.10. The first-order valence-electron chi connectivity index (χ1n) is 5.58. The lowest BCUT2D eigenvalue weighted by Gasteiger charge is -2.09. The van der Waals surface area contributed by atoms with Gasteiger partial charge in [-0.1, -0.05) is 40.9 Å². The lowest BCUT2D eigenvalue weighted by atomic mass is 10.2. The van der Waals surface area contributed by atoms with Gasteiger partial charge in [-0.2, -0.15) is 0 Å². The zero-order valence-corrected chi connectivity index (χ0v) is 12.3. The van der Waals surface area contributed by atoms with Crippen LogP contribution in [-0.4, -0.2) is 12.7 Å². The molecular formula is C12H14BrClFNO2. The minimum atomic E-state index is -0.568. The molecule has 0 saturated carbocycles. The molecular weight excluding hydrogens is 324 g/mol. The molecule has 0 aromatic heterocycles. The summed E-state index contributed by atoms with van der Waals surface area (Å²) in [5, 5.41) is 2.72. The molecule has 0 unspecified atom stereocenters. The molecule has 0 aliphatic heterocycles. The van der Waals surface area contributed by atoms with Gasteiger partial charge in [-0.05, 0) is 18.6 Å².